The third kappa shape index (κ3) is 1.66. The summed E-state index contributed by atoms with van der Waals surface area (Å²) in [5, 5.41) is 4.12. The van der Waals surface area contributed by atoms with Crippen molar-refractivity contribution in [3.05, 3.63) is 30.1 Å². The number of hydrazine groups is 1. The minimum absolute atomic E-state index is 0.280. The molecule has 4 N–H and O–H groups in total. The number of rotatable bonds is 4. The second-order valence-corrected chi connectivity index (χ2v) is 3.30. The zero-order chi connectivity index (χ0) is 11.5. The van der Waals surface area contributed by atoms with Crippen LogP contribution in [0.25, 0.3) is 0 Å². The van der Waals surface area contributed by atoms with Crippen molar-refractivity contribution in [1.29, 1.82) is 0 Å². The lowest BCUT2D eigenvalue weighted by atomic mass is 10.2. The van der Waals surface area contributed by atoms with E-state index in [2.05, 4.69) is 20.5 Å². The number of aromatic amines is 1. The zero-order valence-corrected chi connectivity index (χ0v) is 9.14. The van der Waals surface area contributed by atoms with Gasteiger partial charge >= 0.3 is 0 Å². The van der Waals surface area contributed by atoms with Crippen molar-refractivity contribution >= 4 is 0 Å². The van der Waals surface area contributed by atoms with E-state index in [1.54, 1.807) is 30.4 Å². The van der Waals surface area contributed by atoms with E-state index < -0.39 is 0 Å². The summed E-state index contributed by atoms with van der Waals surface area (Å²) >= 11 is 0. The summed E-state index contributed by atoms with van der Waals surface area (Å²) in [4.78, 5) is 7.17. The molecule has 0 aliphatic carbocycles. The Morgan fingerprint density at radius 3 is 3.00 bits per heavy atom. The molecular formula is C9H14N6O. The lowest BCUT2D eigenvalue weighted by Gasteiger charge is -2.15. The smallest absolute Gasteiger partial charge is 0.162 e. The predicted octanol–water partition coefficient (Wildman–Crippen LogP) is -0.295. The highest BCUT2D eigenvalue weighted by molar-refractivity contribution is 5.31. The maximum Gasteiger partial charge on any atom is 0.162 e. The van der Waals surface area contributed by atoms with Crippen molar-refractivity contribution in [2.45, 2.75) is 6.04 Å². The monoisotopic (exact) mass is 222 g/mol. The number of nitrogens with zero attached hydrogens (tertiary/aromatic N) is 3. The standard InChI is InChI=1S/C9H14N6O/c1-15-8(6(16-2)5-13-15)7(14-10)9-11-3-4-12-9/h3-5,7,14H,10H2,1-2H3,(H,11,12). The first-order valence-electron chi connectivity index (χ1n) is 4.79. The van der Waals surface area contributed by atoms with Gasteiger partial charge in [0.25, 0.3) is 0 Å². The molecule has 0 radical (unpaired) electrons. The molecule has 0 spiro atoms. The molecule has 0 bridgehead atoms. The summed E-state index contributed by atoms with van der Waals surface area (Å²) in [5.74, 6) is 6.92. The molecular weight excluding hydrogens is 208 g/mol. The highest BCUT2D eigenvalue weighted by Crippen LogP contribution is 2.26. The van der Waals surface area contributed by atoms with Crippen LogP contribution >= 0.6 is 0 Å². The molecule has 1 atom stereocenters. The number of aromatic nitrogens is 4. The van der Waals surface area contributed by atoms with E-state index in [0.717, 1.165) is 5.69 Å². The van der Waals surface area contributed by atoms with Gasteiger partial charge in [0.05, 0.1) is 13.3 Å². The molecule has 7 nitrogen and oxygen atoms in total. The normalized spacial score (nSPS) is 12.7. The summed E-state index contributed by atoms with van der Waals surface area (Å²) in [6, 6.07) is -0.280. The fourth-order valence-corrected chi connectivity index (χ4v) is 1.64. The molecule has 1 unspecified atom stereocenters. The Hall–Kier alpha value is -1.86. The topological polar surface area (TPSA) is 93.8 Å². The Morgan fingerprint density at radius 1 is 1.62 bits per heavy atom. The number of H-pyrrole nitrogens is 1. The van der Waals surface area contributed by atoms with Crippen molar-refractivity contribution in [1.82, 2.24) is 25.2 Å². The van der Waals surface area contributed by atoms with Gasteiger partial charge in [-0.1, -0.05) is 0 Å². The third-order valence-electron chi connectivity index (χ3n) is 2.40. The lowest BCUT2D eigenvalue weighted by Crippen LogP contribution is -2.31. The minimum Gasteiger partial charge on any atom is -0.493 e. The number of nitrogens with one attached hydrogen (secondary N) is 2. The number of aryl methyl sites for hydroxylation is 1. The maximum atomic E-state index is 5.54. The fraction of sp³-hybridized carbons (Fsp3) is 0.333. The number of ether oxygens (including phenoxy) is 1. The highest BCUT2D eigenvalue weighted by Gasteiger charge is 2.23. The Bertz CT molecular complexity index is 449. The first-order valence-corrected chi connectivity index (χ1v) is 4.79. The summed E-state index contributed by atoms with van der Waals surface area (Å²) in [6.45, 7) is 0. The van der Waals surface area contributed by atoms with E-state index >= 15 is 0 Å². The van der Waals surface area contributed by atoms with Crippen molar-refractivity contribution in [3.8, 4) is 5.75 Å². The fourth-order valence-electron chi connectivity index (χ4n) is 1.64. The first kappa shape index (κ1) is 10.7. The van der Waals surface area contributed by atoms with E-state index in [1.165, 1.54) is 0 Å². The molecule has 2 heterocycles. The lowest BCUT2D eigenvalue weighted by molar-refractivity contribution is 0.399. The Morgan fingerprint density at radius 2 is 2.44 bits per heavy atom. The summed E-state index contributed by atoms with van der Waals surface area (Å²) in [7, 11) is 3.42. The van der Waals surface area contributed by atoms with Crippen LogP contribution in [0.3, 0.4) is 0 Å². The van der Waals surface area contributed by atoms with Crippen LogP contribution in [0, 0.1) is 0 Å². The quantitative estimate of drug-likeness (QED) is 0.488. The Balaban J connectivity index is 2.44. The average Bonchev–Trinajstić information content (AvgIpc) is 2.91. The number of hydrogen-bond acceptors (Lipinski definition) is 5. The van der Waals surface area contributed by atoms with Crippen LogP contribution in [0.1, 0.15) is 17.6 Å². The molecule has 0 fully saturated rings. The molecule has 0 amide bonds. The number of nitrogens with two attached hydrogens (primary N) is 1. The molecule has 2 aromatic heterocycles. The van der Waals surface area contributed by atoms with Crippen LogP contribution < -0.4 is 16.0 Å². The van der Waals surface area contributed by atoms with Crippen LogP contribution in [0.15, 0.2) is 18.6 Å². The molecule has 0 aliphatic rings. The zero-order valence-electron chi connectivity index (χ0n) is 9.14. The largest absolute Gasteiger partial charge is 0.493 e. The Kier molecular flexibility index (Phi) is 2.88. The molecule has 86 valence electrons. The van der Waals surface area contributed by atoms with E-state index in [1.807, 2.05) is 7.05 Å². The molecule has 0 aromatic carbocycles. The third-order valence-corrected chi connectivity index (χ3v) is 2.40. The van der Waals surface area contributed by atoms with Gasteiger partial charge in [-0.3, -0.25) is 10.5 Å². The van der Waals surface area contributed by atoms with E-state index in [9.17, 15) is 0 Å². The maximum absolute atomic E-state index is 5.54. The predicted molar refractivity (Wildman–Crippen MR) is 57.5 cm³/mol. The number of hydrogen-bond donors (Lipinski definition) is 3. The molecule has 16 heavy (non-hydrogen) atoms. The van der Waals surface area contributed by atoms with E-state index in [0.29, 0.717) is 11.6 Å². The van der Waals surface area contributed by atoms with Crippen LogP contribution in [0.5, 0.6) is 5.75 Å². The first-order chi connectivity index (χ1) is 7.77. The minimum atomic E-state index is -0.280. The van der Waals surface area contributed by atoms with Crippen LogP contribution in [0.2, 0.25) is 0 Å². The van der Waals surface area contributed by atoms with Gasteiger partial charge in [-0.05, 0) is 0 Å². The average molecular weight is 222 g/mol. The van der Waals surface area contributed by atoms with Gasteiger partial charge in [0.15, 0.2) is 5.75 Å². The molecule has 7 heteroatoms. The second kappa shape index (κ2) is 4.33. The molecule has 0 aliphatic heterocycles. The number of imidazole rings is 1. The van der Waals surface area contributed by atoms with Gasteiger partial charge in [-0.25, -0.2) is 10.4 Å². The van der Waals surface area contributed by atoms with Crippen LogP contribution in [0.4, 0.5) is 0 Å². The van der Waals surface area contributed by atoms with Crippen molar-refractivity contribution in [2.75, 3.05) is 7.11 Å². The van der Waals surface area contributed by atoms with Crippen molar-refractivity contribution < 1.29 is 4.74 Å². The van der Waals surface area contributed by atoms with Gasteiger partial charge in [-0.15, -0.1) is 0 Å². The van der Waals surface area contributed by atoms with Crippen LogP contribution in [-0.2, 0) is 7.05 Å². The van der Waals surface area contributed by atoms with Crippen LogP contribution in [-0.4, -0.2) is 26.9 Å². The van der Waals surface area contributed by atoms with Gasteiger partial charge in [0, 0.05) is 19.4 Å². The van der Waals surface area contributed by atoms with E-state index in [4.69, 9.17) is 10.6 Å². The van der Waals surface area contributed by atoms with Crippen molar-refractivity contribution in [2.24, 2.45) is 12.9 Å². The molecule has 2 rings (SSSR count). The van der Waals surface area contributed by atoms with Gasteiger partial charge < -0.3 is 9.72 Å². The summed E-state index contributed by atoms with van der Waals surface area (Å²) in [5.41, 5.74) is 3.51. The second-order valence-electron chi connectivity index (χ2n) is 3.30. The number of methoxy groups -OCH3 is 1. The summed E-state index contributed by atoms with van der Waals surface area (Å²) in [6.07, 6.45) is 5.05. The molecule has 2 aromatic rings. The Labute approximate surface area is 92.6 Å². The highest BCUT2D eigenvalue weighted by atomic mass is 16.5. The van der Waals surface area contributed by atoms with E-state index in [-0.39, 0.29) is 6.04 Å². The molecule has 0 saturated heterocycles. The summed E-state index contributed by atoms with van der Waals surface area (Å²) < 4.78 is 6.93. The SMILES string of the molecule is COc1cnn(C)c1C(NN)c1ncc[nH]1. The van der Waals surface area contributed by atoms with Crippen molar-refractivity contribution in [3.63, 3.8) is 0 Å². The van der Waals surface area contributed by atoms with Gasteiger partial charge in [-0.2, -0.15) is 5.10 Å². The van der Waals surface area contributed by atoms with Gasteiger partial charge in [0.2, 0.25) is 0 Å². The van der Waals surface area contributed by atoms with Gasteiger partial charge in [0.1, 0.15) is 17.6 Å². The molecule has 0 saturated carbocycles.